The normalized spacial score (nSPS) is 8.75. The lowest BCUT2D eigenvalue weighted by molar-refractivity contribution is -0.137. The van der Waals surface area contributed by atoms with E-state index < -0.39 is 5.97 Å². The standard InChI is InChI=1S/C14H16O2/c1-2-3-4-5-6-7-8-9-10-11-12-13-14(15)16/h6-8H,1,9-13H2,(H,15,16)/b8-7+. The smallest absolute Gasteiger partial charge is 0.303 e. The Morgan fingerprint density at radius 3 is 2.75 bits per heavy atom. The van der Waals surface area contributed by atoms with Gasteiger partial charge in [0, 0.05) is 6.42 Å². The highest BCUT2D eigenvalue weighted by Crippen LogP contribution is 2.03. The largest absolute Gasteiger partial charge is 0.481 e. The van der Waals surface area contributed by atoms with Crippen molar-refractivity contribution in [3.63, 3.8) is 0 Å². The highest BCUT2D eigenvalue weighted by molar-refractivity contribution is 5.66. The number of carboxylic acids is 1. The number of hydrogen-bond acceptors (Lipinski definition) is 1. The summed E-state index contributed by atoms with van der Waals surface area (Å²) in [5.74, 6) is -0.717. The molecular weight excluding hydrogens is 200 g/mol. The summed E-state index contributed by atoms with van der Waals surface area (Å²) in [6.45, 7) is 3.34. The molecule has 1 N–H and O–H groups in total. The van der Waals surface area contributed by atoms with Crippen LogP contribution in [0.2, 0.25) is 0 Å². The number of allylic oxidation sites excluding steroid dienone is 3. The van der Waals surface area contributed by atoms with Crippen LogP contribution >= 0.6 is 0 Å². The topological polar surface area (TPSA) is 37.3 Å². The molecule has 0 aliphatic rings. The Kier molecular flexibility index (Phi) is 9.80. The molecule has 84 valence electrons. The van der Waals surface area contributed by atoms with Crippen LogP contribution in [0.5, 0.6) is 0 Å². The van der Waals surface area contributed by atoms with Crippen molar-refractivity contribution in [2.24, 2.45) is 0 Å². The van der Waals surface area contributed by atoms with E-state index in [0.29, 0.717) is 0 Å². The molecule has 0 aromatic heterocycles. The number of carbonyl (C=O) groups is 1. The zero-order valence-corrected chi connectivity index (χ0v) is 9.33. The SMILES string of the molecule is C=C=C=C=C=C/C=C/CCCCCC(=O)O. The Hall–Kier alpha value is -1.93. The summed E-state index contributed by atoms with van der Waals surface area (Å²) in [5.41, 5.74) is 10.3. The molecule has 0 bridgehead atoms. The van der Waals surface area contributed by atoms with Gasteiger partial charge in [-0.05, 0) is 43.4 Å². The lowest BCUT2D eigenvalue weighted by Gasteiger charge is -1.94. The number of aliphatic carboxylic acids is 1. The van der Waals surface area contributed by atoms with Crippen molar-refractivity contribution in [3.8, 4) is 0 Å². The summed E-state index contributed by atoms with van der Waals surface area (Å²) < 4.78 is 0. The van der Waals surface area contributed by atoms with E-state index in [0.717, 1.165) is 25.7 Å². The van der Waals surface area contributed by atoms with Crippen LogP contribution in [0, 0.1) is 0 Å². The third kappa shape index (κ3) is 12.1. The van der Waals surface area contributed by atoms with Gasteiger partial charge >= 0.3 is 5.97 Å². The molecule has 0 atom stereocenters. The maximum Gasteiger partial charge on any atom is 0.303 e. The van der Waals surface area contributed by atoms with Crippen LogP contribution in [0.3, 0.4) is 0 Å². The summed E-state index contributed by atoms with van der Waals surface area (Å²) >= 11 is 0. The molecule has 0 aliphatic heterocycles. The van der Waals surface area contributed by atoms with Crippen molar-refractivity contribution in [2.75, 3.05) is 0 Å². The fraction of sp³-hybridized carbons (Fsp3) is 0.357. The van der Waals surface area contributed by atoms with Crippen molar-refractivity contribution in [2.45, 2.75) is 32.1 Å². The van der Waals surface area contributed by atoms with Crippen molar-refractivity contribution in [1.82, 2.24) is 0 Å². The summed E-state index contributed by atoms with van der Waals surface area (Å²) in [7, 11) is 0. The number of hydrogen-bond donors (Lipinski definition) is 1. The van der Waals surface area contributed by atoms with E-state index in [4.69, 9.17) is 5.11 Å². The second-order valence-corrected chi connectivity index (χ2v) is 3.16. The quantitative estimate of drug-likeness (QED) is 0.402. The minimum absolute atomic E-state index is 0.269. The molecule has 0 saturated carbocycles. The molecule has 0 aliphatic carbocycles. The molecule has 0 unspecified atom stereocenters. The molecule has 16 heavy (non-hydrogen) atoms. The van der Waals surface area contributed by atoms with Gasteiger partial charge in [-0.2, -0.15) is 0 Å². The van der Waals surface area contributed by atoms with Crippen molar-refractivity contribution in [1.29, 1.82) is 0 Å². The van der Waals surface area contributed by atoms with Gasteiger partial charge in [-0.3, -0.25) is 4.79 Å². The Labute approximate surface area is 96.3 Å². The highest BCUT2D eigenvalue weighted by atomic mass is 16.4. The van der Waals surface area contributed by atoms with E-state index in [2.05, 4.69) is 29.5 Å². The number of rotatable bonds is 7. The second kappa shape index (κ2) is 11.1. The summed E-state index contributed by atoms with van der Waals surface area (Å²) in [6, 6.07) is 0. The van der Waals surface area contributed by atoms with Crippen LogP contribution in [0.4, 0.5) is 0 Å². The van der Waals surface area contributed by atoms with Crippen molar-refractivity contribution < 1.29 is 9.90 Å². The van der Waals surface area contributed by atoms with Gasteiger partial charge in [0.05, 0.1) is 0 Å². The van der Waals surface area contributed by atoms with E-state index in [1.54, 1.807) is 6.08 Å². The maximum atomic E-state index is 10.2. The fourth-order valence-electron chi connectivity index (χ4n) is 1.05. The van der Waals surface area contributed by atoms with E-state index in [1.807, 2.05) is 12.2 Å². The monoisotopic (exact) mass is 216 g/mol. The first-order chi connectivity index (χ1) is 7.77. The average Bonchev–Trinajstić information content (AvgIpc) is 2.25. The third-order valence-electron chi connectivity index (χ3n) is 1.80. The maximum absolute atomic E-state index is 10.2. The molecule has 0 aromatic carbocycles. The lowest BCUT2D eigenvalue weighted by atomic mass is 10.1. The van der Waals surface area contributed by atoms with E-state index in [1.165, 1.54) is 0 Å². The third-order valence-corrected chi connectivity index (χ3v) is 1.80. The van der Waals surface area contributed by atoms with Gasteiger partial charge in [0.2, 0.25) is 0 Å². The van der Waals surface area contributed by atoms with Crippen LogP contribution in [0.25, 0.3) is 0 Å². The molecule has 2 nitrogen and oxygen atoms in total. The van der Waals surface area contributed by atoms with Gasteiger partial charge < -0.3 is 5.11 Å². The minimum atomic E-state index is -0.717. The van der Waals surface area contributed by atoms with Crippen LogP contribution in [-0.4, -0.2) is 11.1 Å². The Bertz CT molecular complexity index is 379. The van der Waals surface area contributed by atoms with Gasteiger partial charge in [0.1, 0.15) is 0 Å². The molecule has 0 aromatic rings. The van der Waals surface area contributed by atoms with Gasteiger partial charge in [-0.15, -0.1) is 0 Å². The van der Waals surface area contributed by atoms with Gasteiger partial charge in [-0.25, -0.2) is 0 Å². The number of carboxylic acid groups (broad SMARTS) is 1. The molecule has 0 saturated heterocycles. The van der Waals surface area contributed by atoms with Crippen LogP contribution in [0.1, 0.15) is 32.1 Å². The Balaban J connectivity index is 3.56. The molecule has 0 heterocycles. The fourth-order valence-corrected chi connectivity index (χ4v) is 1.05. The molecule has 0 rings (SSSR count). The van der Waals surface area contributed by atoms with Gasteiger partial charge in [0.15, 0.2) is 0 Å². The molecule has 0 spiro atoms. The van der Waals surface area contributed by atoms with Gasteiger partial charge in [-0.1, -0.05) is 30.0 Å². The molecule has 0 amide bonds. The molecular formula is C14H16O2. The predicted molar refractivity (Wildman–Crippen MR) is 64.1 cm³/mol. The first kappa shape index (κ1) is 14.1. The highest BCUT2D eigenvalue weighted by Gasteiger charge is 1.94. The first-order valence-electron chi connectivity index (χ1n) is 5.25. The zero-order valence-electron chi connectivity index (χ0n) is 9.33. The summed E-state index contributed by atoms with van der Waals surface area (Å²) in [5, 5.41) is 8.41. The van der Waals surface area contributed by atoms with Crippen LogP contribution in [0.15, 0.2) is 47.7 Å². The molecule has 0 radical (unpaired) electrons. The van der Waals surface area contributed by atoms with E-state index in [-0.39, 0.29) is 6.42 Å². The van der Waals surface area contributed by atoms with Crippen LogP contribution < -0.4 is 0 Å². The number of unbranched alkanes of at least 4 members (excludes halogenated alkanes) is 3. The average molecular weight is 216 g/mol. The second-order valence-electron chi connectivity index (χ2n) is 3.16. The summed E-state index contributed by atoms with van der Waals surface area (Å²) in [4.78, 5) is 10.2. The van der Waals surface area contributed by atoms with E-state index >= 15 is 0 Å². The molecule has 0 fully saturated rings. The minimum Gasteiger partial charge on any atom is -0.481 e. The van der Waals surface area contributed by atoms with Crippen molar-refractivity contribution in [3.05, 3.63) is 47.7 Å². The summed E-state index contributed by atoms with van der Waals surface area (Å²) in [6.07, 6.45) is 9.60. The first-order valence-corrected chi connectivity index (χ1v) is 5.25. The predicted octanol–water partition coefficient (Wildman–Crippen LogP) is 3.38. The van der Waals surface area contributed by atoms with Crippen LogP contribution in [-0.2, 0) is 4.79 Å². The van der Waals surface area contributed by atoms with E-state index in [9.17, 15) is 4.79 Å². The Morgan fingerprint density at radius 1 is 1.25 bits per heavy atom. The zero-order chi connectivity index (χ0) is 12.1. The van der Waals surface area contributed by atoms with Crippen molar-refractivity contribution >= 4 is 5.97 Å². The molecule has 2 heteroatoms. The Morgan fingerprint density at radius 2 is 2.06 bits per heavy atom. The van der Waals surface area contributed by atoms with Gasteiger partial charge in [0.25, 0.3) is 0 Å². The lowest BCUT2D eigenvalue weighted by Crippen LogP contribution is -1.93.